The first-order valence-corrected chi connectivity index (χ1v) is 7.09. The molecule has 2 aliphatic rings. The first kappa shape index (κ1) is 12.5. The average Bonchev–Trinajstić information content (AvgIpc) is 3.23. The van der Waals surface area contributed by atoms with Crippen LogP contribution in [-0.4, -0.2) is 24.9 Å². The lowest BCUT2D eigenvalue weighted by Crippen LogP contribution is -2.40. The Bertz CT molecular complexity index is 488. The van der Waals surface area contributed by atoms with Gasteiger partial charge >= 0.3 is 0 Å². The predicted octanol–water partition coefficient (Wildman–Crippen LogP) is 1.79. The molecule has 19 heavy (non-hydrogen) atoms. The molecular formula is C15H21N3O. The molecule has 1 aliphatic heterocycles. The standard InChI is InChI=1S/C15H21N3O/c16-12-5-7-18(8-6-12)14-4-3-11(9-13(14)17)15(19)10-1-2-10/h3-4,9-10,12H,1-2,5-8,16-17H2. The predicted molar refractivity (Wildman–Crippen MR) is 77.3 cm³/mol. The molecule has 4 heteroatoms. The number of rotatable bonds is 3. The Morgan fingerprint density at radius 2 is 1.84 bits per heavy atom. The van der Waals surface area contributed by atoms with Gasteiger partial charge in [0.15, 0.2) is 5.78 Å². The van der Waals surface area contributed by atoms with Gasteiger partial charge in [-0.25, -0.2) is 0 Å². The minimum atomic E-state index is 0.248. The van der Waals surface area contributed by atoms with E-state index in [0.717, 1.165) is 50.0 Å². The second kappa shape index (κ2) is 4.85. The van der Waals surface area contributed by atoms with Crippen LogP contribution in [-0.2, 0) is 0 Å². The summed E-state index contributed by atoms with van der Waals surface area (Å²) >= 11 is 0. The van der Waals surface area contributed by atoms with Crippen molar-refractivity contribution in [3.63, 3.8) is 0 Å². The van der Waals surface area contributed by atoms with E-state index in [9.17, 15) is 4.79 Å². The number of hydrogen-bond acceptors (Lipinski definition) is 4. The maximum absolute atomic E-state index is 12.0. The molecule has 4 N–H and O–H groups in total. The van der Waals surface area contributed by atoms with Crippen LogP contribution in [0, 0.1) is 5.92 Å². The van der Waals surface area contributed by atoms with Crippen LogP contribution in [0.1, 0.15) is 36.0 Å². The van der Waals surface area contributed by atoms with Crippen molar-refractivity contribution in [2.24, 2.45) is 11.7 Å². The number of piperidine rings is 1. The minimum Gasteiger partial charge on any atom is -0.397 e. The Labute approximate surface area is 113 Å². The van der Waals surface area contributed by atoms with Crippen LogP contribution in [0.3, 0.4) is 0 Å². The average molecular weight is 259 g/mol. The van der Waals surface area contributed by atoms with Gasteiger partial charge in [-0.05, 0) is 43.9 Å². The first-order valence-electron chi connectivity index (χ1n) is 7.09. The third kappa shape index (κ3) is 2.59. The molecule has 0 bridgehead atoms. The van der Waals surface area contributed by atoms with Crippen molar-refractivity contribution in [2.75, 3.05) is 23.7 Å². The van der Waals surface area contributed by atoms with Crippen molar-refractivity contribution in [2.45, 2.75) is 31.7 Å². The van der Waals surface area contributed by atoms with Gasteiger partial charge in [0.25, 0.3) is 0 Å². The molecule has 0 spiro atoms. The van der Waals surface area contributed by atoms with Gasteiger partial charge in [-0.2, -0.15) is 0 Å². The normalized spacial score (nSPS) is 20.6. The van der Waals surface area contributed by atoms with E-state index in [1.54, 1.807) is 0 Å². The molecule has 0 unspecified atom stereocenters. The highest BCUT2D eigenvalue weighted by molar-refractivity contribution is 6.00. The van der Waals surface area contributed by atoms with E-state index in [1.807, 2.05) is 18.2 Å². The highest BCUT2D eigenvalue weighted by Crippen LogP contribution is 2.34. The SMILES string of the molecule is Nc1cc(C(=O)C2CC2)ccc1N1CCC(N)CC1. The van der Waals surface area contributed by atoms with Gasteiger partial charge in [-0.3, -0.25) is 4.79 Å². The lowest BCUT2D eigenvalue weighted by atomic mass is 10.0. The quantitative estimate of drug-likeness (QED) is 0.641. The fourth-order valence-corrected chi connectivity index (χ4v) is 2.72. The minimum absolute atomic E-state index is 0.248. The molecule has 0 radical (unpaired) electrons. The summed E-state index contributed by atoms with van der Waals surface area (Å²) in [5.41, 5.74) is 14.5. The summed E-state index contributed by atoms with van der Waals surface area (Å²) in [5.74, 6) is 0.497. The topological polar surface area (TPSA) is 72.4 Å². The van der Waals surface area contributed by atoms with Gasteiger partial charge in [-0.1, -0.05) is 0 Å². The number of nitrogens with zero attached hydrogens (tertiary/aromatic N) is 1. The summed E-state index contributed by atoms with van der Waals surface area (Å²) in [4.78, 5) is 14.3. The fraction of sp³-hybridized carbons (Fsp3) is 0.533. The van der Waals surface area contributed by atoms with Crippen LogP contribution >= 0.6 is 0 Å². The van der Waals surface area contributed by atoms with Crippen molar-refractivity contribution < 1.29 is 4.79 Å². The number of carbonyl (C=O) groups is 1. The van der Waals surface area contributed by atoms with Crippen LogP contribution in [0.4, 0.5) is 11.4 Å². The smallest absolute Gasteiger partial charge is 0.166 e. The van der Waals surface area contributed by atoms with Gasteiger partial charge in [0.2, 0.25) is 0 Å². The summed E-state index contributed by atoms with van der Waals surface area (Å²) in [7, 11) is 0. The number of nitrogen functional groups attached to an aromatic ring is 1. The fourth-order valence-electron chi connectivity index (χ4n) is 2.72. The largest absolute Gasteiger partial charge is 0.397 e. The lowest BCUT2D eigenvalue weighted by Gasteiger charge is -2.32. The third-order valence-electron chi connectivity index (χ3n) is 4.14. The molecule has 1 saturated carbocycles. The second-order valence-corrected chi connectivity index (χ2v) is 5.74. The van der Waals surface area contributed by atoms with Crippen LogP contribution < -0.4 is 16.4 Å². The van der Waals surface area contributed by atoms with Gasteiger partial charge in [0, 0.05) is 30.6 Å². The molecule has 4 nitrogen and oxygen atoms in total. The van der Waals surface area contributed by atoms with Gasteiger partial charge in [0.05, 0.1) is 11.4 Å². The zero-order chi connectivity index (χ0) is 13.4. The number of Topliss-reactive ketones (excluding diaryl/α,β-unsaturated/α-hetero) is 1. The van der Waals surface area contributed by atoms with E-state index >= 15 is 0 Å². The van der Waals surface area contributed by atoms with Crippen LogP contribution in [0.15, 0.2) is 18.2 Å². The highest BCUT2D eigenvalue weighted by Gasteiger charge is 2.30. The molecule has 102 valence electrons. The summed E-state index contributed by atoms with van der Waals surface area (Å²) in [6.45, 7) is 1.89. The number of anilines is 2. The molecule has 3 rings (SSSR count). The van der Waals surface area contributed by atoms with Gasteiger partial charge < -0.3 is 16.4 Å². The number of nitrogens with two attached hydrogens (primary N) is 2. The Morgan fingerprint density at radius 3 is 2.42 bits per heavy atom. The summed E-state index contributed by atoms with van der Waals surface area (Å²) in [6, 6.07) is 6.06. The van der Waals surface area contributed by atoms with Crippen molar-refractivity contribution >= 4 is 17.2 Å². The molecular weight excluding hydrogens is 238 g/mol. The zero-order valence-electron chi connectivity index (χ0n) is 11.1. The van der Waals surface area contributed by atoms with E-state index in [2.05, 4.69) is 4.90 Å². The molecule has 1 aliphatic carbocycles. The second-order valence-electron chi connectivity index (χ2n) is 5.74. The summed E-state index contributed by atoms with van der Waals surface area (Å²) in [5, 5.41) is 0. The van der Waals surface area contributed by atoms with Crippen LogP contribution in [0.5, 0.6) is 0 Å². The Morgan fingerprint density at radius 1 is 1.16 bits per heavy atom. The lowest BCUT2D eigenvalue weighted by molar-refractivity contribution is 0.0967. The number of hydrogen-bond donors (Lipinski definition) is 2. The molecule has 1 heterocycles. The first-order chi connectivity index (χ1) is 9.15. The third-order valence-corrected chi connectivity index (χ3v) is 4.14. The summed E-state index contributed by atoms with van der Waals surface area (Å²) < 4.78 is 0. The summed E-state index contributed by atoms with van der Waals surface area (Å²) in [6.07, 6.45) is 4.07. The number of benzene rings is 1. The van der Waals surface area contributed by atoms with E-state index < -0.39 is 0 Å². The van der Waals surface area contributed by atoms with Crippen molar-refractivity contribution in [3.8, 4) is 0 Å². The molecule has 1 aromatic carbocycles. The van der Waals surface area contributed by atoms with Gasteiger partial charge in [-0.15, -0.1) is 0 Å². The van der Waals surface area contributed by atoms with E-state index in [4.69, 9.17) is 11.5 Å². The van der Waals surface area contributed by atoms with E-state index in [0.29, 0.717) is 11.7 Å². The maximum atomic E-state index is 12.0. The Balaban J connectivity index is 1.77. The maximum Gasteiger partial charge on any atom is 0.166 e. The van der Waals surface area contributed by atoms with Gasteiger partial charge in [0.1, 0.15) is 0 Å². The Hall–Kier alpha value is -1.55. The Kier molecular flexibility index (Phi) is 3.19. The number of ketones is 1. The molecule has 1 saturated heterocycles. The van der Waals surface area contributed by atoms with Crippen LogP contribution in [0.25, 0.3) is 0 Å². The number of carbonyl (C=O) groups excluding carboxylic acids is 1. The van der Waals surface area contributed by atoms with Crippen molar-refractivity contribution in [1.82, 2.24) is 0 Å². The molecule has 2 fully saturated rings. The van der Waals surface area contributed by atoms with Crippen molar-refractivity contribution in [3.05, 3.63) is 23.8 Å². The van der Waals surface area contributed by atoms with Crippen molar-refractivity contribution in [1.29, 1.82) is 0 Å². The molecule has 0 atom stereocenters. The molecule has 1 aromatic rings. The zero-order valence-corrected chi connectivity index (χ0v) is 11.1. The van der Waals surface area contributed by atoms with E-state index in [1.165, 1.54) is 0 Å². The monoisotopic (exact) mass is 259 g/mol. The highest BCUT2D eigenvalue weighted by atomic mass is 16.1. The molecule has 0 aromatic heterocycles. The van der Waals surface area contributed by atoms with E-state index in [-0.39, 0.29) is 11.7 Å². The van der Waals surface area contributed by atoms with Crippen LogP contribution in [0.2, 0.25) is 0 Å². The molecule has 0 amide bonds.